The Morgan fingerprint density at radius 3 is 2.65 bits per heavy atom. The number of anilines is 2. The largest absolute Gasteiger partial charge is 0.394 e. The maximum absolute atomic E-state index is 11.9. The first-order chi connectivity index (χ1) is 9.38. The van der Waals surface area contributed by atoms with Gasteiger partial charge < -0.3 is 21.1 Å². The zero-order valence-corrected chi connectivity index (χ0v) is 12.9. The van der Waals surface area contributed by atoms with Crippen LogP contribution in [0.5, 0.6) is 0 Å². The number of rotatable bonds is 7. The maximum atomic E-state index is 11.9. The molecular formula is C13H25N5O2. The predicted octanol–water partition coefficient (Wildman–Crippen LogP) is 0.918. The molecule has 0 aromatic carbocycles. The lowest BCUT2D eigenvalue weighted by atomic mass is 10.3. The van der Waals surface area contributed by atoms with Crippen molar-refractivity contribution in [3.05, 3.63) is 5.69 Å². The van der Waals surface area contributed by atoms with Crippen molar-refractivity contribution in [1.29, 1.82) is 0 Å². The van der Waals surface area contributed by atoms with Crippen molar-refractivity contribution in [2.45, 2.75) is 39.8 Å². The van der Waals surface area contributed by atoms with Crippen LogP contribution in [0.25, 0.3) is 0 Å². The molecule has 1 heterocycles. The number of nitrogens with two attached hydrogens (primary N) is 1. The first kappa shape index (κ1) is 16.3. The lowest BCUT2D eigenvalue weighted by molar-refractivity contribution is -0.121. The molecule has 1 atom stereocenters. The molecule has 1 aromatic rings. The van der Waals surface area contributed by atoms with Gasteiger partial charge in [0.05, 0.1) is 18.0 Å². The standard InChI is InChI=1S/C13H25N5O2/c1-8(2)18-12(11(14)9(3)17-18)16-10(4)13(19)15-6-7-20-5/h8,10,16H,6-7,14H2,1-5H3,(H,15,19). The van der Waals surface area contributed by atoms with Gasteiger partial charge in [-0.3, -0.25) is 4.79 Å². The van der Waals surface area contributed by atoms with Crippen LogP contribution >= 0.6 is 0 Å². The lowest BCUT2D eigenvalue weighted by Gasteiger charge is -2.18. The van der Waals surface area contributed by atoms with E-state index in [2.05, 4.69) is 15.7 Å². The van der Waals surface area contributed by atoms with Gasteiger partial charge in [0.25, 0.3) is 0 Å². The minimum Gasteiger partial charge on any atom is -0.394 e. The summed E-state index contributed by atoms with van der Waals surface area (Å²) in [5.41, 5.74) is 7.35. The number of methoxy groups -OCH3 is 1. The molecule has 0 radical (unpaired) electrons. The number of hydrogen-bond acceptors (Lipinski definition) is 5. The van der Waals surface area contributed by atoms with Crippen LogP contribution in [0.4, 0.5) is 11.5 Å². The average molecular weight is 283 g/mol. The van der Waals surface area contributed by atoms with Crippen LogP contribution in [0.1, 0.15) is 32.5 Å². The molecule has 1 amide bonds. The van der Waals surface area contributed by atoms with E-state index in [1.807, 2.05) is 20.8 Å². The van der Waals surface area contributed by atoms with Crippen molar-refractivity contribution in [3.8, 4) is 0 Å². The molecular weight excluding hydrogens is 258 g/mol. The fourth-order valence-corrected chi connectivity index (χ4v) is 1.78. The van der Waals surface area contributed by atoms with Crippen molar-refractivity contribution in [1.82, 2.24) is 15.1 Å². The first-order valence-electron chi connectivity index (χ1n) is 6.76. The number of carbonyl (C=O) groups is 1. The summed E-state index contributed by atoms with van der Waals surface area (Å²) in [6.45, 7) is 8.64. The molecule has 0 saturated carbocycles. The fraction of sp³-hybridized carbons (Fsp3) is 0.692. The molecule has 0 aliphatic carbocycles. The van der Waals surface area contributed by atoms with Crippen molar-refractivity contribution < 1.29 is 9.53 Å². The van der Waals surface area contributed by atoms with Crippen LogP contribution in [0, 0.1) is 6.92 Å². The summed E-state index contributed by atoms with van der Waals surface area (Å²) < 4.78 is 6.69. The van der Waals surface area contributed by atoms with Crippen LogP contribution in [-0.4, -0.2) is 42.0 Å². The van der Waals surface area contributed by atoms with Crippen molar-refractivity contribution >= 4 is 17.4 Å². The van der Waals surface area contributed by atoms with Crippen LogP contribution < -0.4 is 16.4 Å². The third-order valence-corrected chi connectivity index (χ3v) is 2.97. The summed E-state index contributed by atoms with van der Waals surface area (Å²) in [7, 11) is 1.60. The topological polar surface area (TPSA) is 94.2 Å². The Balaban J connectivity index is 2.74. The molecule has 0 spiro atoms. The highest BCUT2D eigenvalue weighted by Gasteiger charge is 2.19. The Kier molecular flexibility index (Phi) is 5.82. The van der Waals surface area contributed by atoms with E-state index in [9.17, 15) is 4.79 Å². The quantitative estimate of drug-likeness (QED) is 0.647. The fourth-order valence-electron chi connectivity index (χ4n) is 1.78. The number of nitrogens with one attached hydrogen (secondary N) is 2. The Morgan fingerprint density at radius 1 is 1.45 bits per heavy atom. The van der Waals surface area contributed by atoms with E-state index < -0.39 is 6.04 Å². The molecule has 1 unspecified atom stereocenters. The van der Waals surface area contributed by atoms with E-state index in [0.29, 0.717) is 24.7 Å². The molecule has 20 heavy (non-hydrogen) atoms. The number of carbonyl (C=O) groups excluding carboxylic acids is 1. The number of ether oxygens (including phenoxy) is 1. The predicted molar refractivity (Wildman–Crippen MR) is 79.7 cm³/mol. The number of hydrogen-bond donors (Lipinski definition) is 3. The highest BCUT2D eigenvalue weighted by molar-refractivity contribution is 5.85. The molecule has 114 valence electrons. The van der Waals surface area contributed by atoms with Gasteiger partial charge in [-0.15, -0.1) is 0 Å². The van der Waals surface area contributed by atoms with E-state index in [1.54, 1.807) is 18.7 Å². The van der Waals surface area contributed by atoms with Gasteiger partial charge in [0.1, 0.15) is 11.9 Å². The minimum absolute atomic E-state index is 0.101. The number of aromatic nitrogens is 2. The van der Waals surface area contributed by atoms with E-state index in [-0.39, 0.29) is 11.9 Å². The third-order valence-electron chi connectivity index (χ3n) is 2.97. The normalized spacial score (nSPS) is 12.5. The van der Waals surface area contributed by atoms with Gasteiger partial charge in [-0.25, -0.2) is 4.68 Å². The van der Waals surface area contributed by atoms with Gasteiger partial charge in [-0.1, -0.05) is 0 Å². The van der Waals surface area contributed by atoms with Crippen molar-refractivity contribution in [2.75, 3.05) is 31.3 Å². The van der Waals surface area contributed by atoms with Crippen LogP contribution in [0.15, 0.2) is 0 Å². The van der Waals surface area contributed by atoms with Crippen molar-refractivity contribution in [2.24, 2.45) is 0 Å². The molecule has 0 aliphatic rings. The monoisotopic (exact) mass is 283 g/mol. The van der Waals surface area contributed by atoms with E-state index >= 15 is 0 Å². The smallest absolute Gasteiger partial charge is 0.242 e. The van der Waals surface area contributed by atoms with E-state index in [0.717, 1.165) is 5.69 Å². The molecule has 1 rings (SSSR count). The van der Waals surface area contributed by atoms with Gasteiger partial charge in [-0.2, -0.15) is 5.10 Å². The molecule has 7 heteroatoms. The molecule has 4 N–H and O–H groups in total. The number of amides is 1. The molecule has 0 saturated heterocycles. The molecule has 0 bridgehead atoms. The maximum Gasteiger partial charge on any atom is 0.242 e. The SMILES string of the molecule is COCCNC(=O)C(C)Nc1c(N)c(C)nn1C(C)C. The summed E-state index contributed by atoms with van der Waals surface area (Å²) in [5.74, 6) is 0.586. The summed E-state index contributed by atoms with van der Waals surface area (Å²) in [6.07, 6.45) is 0. The summed E-state index contributed by atoms with van der Waals surface area (Å²) in [4.78, 5) is 11.9. The number of nitrogen functional groups attached to an aromatic ring is 1. The summed E-state index contributed by atoms with van der Waals surface area (Å²) in [5, 5.41) is 10.3. The Morgan fingerprint density at radius 2 is 2.10 bits per heavy atom. The van der Waals surface area contributed by atoms with Crippen molar-refractivity contribution in [3.63, 3.8) is 0 Å². The Hall–Kier alpha value is -1.76. The second-order valence-electron chi connectivity index (χ2n) is 5.04. The summed E-state index contributed by atoms with van der Waals surface area (Å²) >= 11 is 0. The summed E-state index contributed by atoms with van der Waals surface area (Å²) in [6, 6.07) is -0.236. The Labute approximate surface area is 119 Å². The van der Waals surface area contributed by atoms with Crippen LogP contribution in [-0.2, 0) is 9.53 Å². The lowest BCUT2D eigenvalue weighted by Crippen LogP contribution is -2.39. The highest BCUT2D eigenvalue weighted by Crippen LogP contribution is 2.26. The molecule has 7 nitrogen and oxygen atoms in total. The molecule has 0 aliphatic heterocycles. The minimum atomic E-state index is -0.400. The second kappa shape index (κ2) is 7.14. The number of nitrogens with zero attached hydrogens (tertiary/aromatic N) is 2. The third kappa shape index (κ3) is 3.86. The van der Waals surface area contributed by atoms with Gasteiger partial charge in [0.15, 0.2) is 0 Å². The van der Waals surface area contributed by atoms with Crippen LogP contribution in [0.2, 0.25) is 0 Å². The van der Waals surface area contributed by atoms with E-state index in [4.69, 9.17) is 10.5 Å². The van der Waals surface area contributed by atoms with Gasteiger partial charge in [0.2, 0.25) is 5.91 Å². The highest BCUT2D eigenvalue weighted by atomic mass is 16.5. The zero-order chi connectivity index (χ0) is 15.3. The number of aryl methyl sites for hydroxylation is 1. The van der Waals surface area contributed by atoms with Gasteiger partial charge in [-0.05, 0) is 27.7 Å². The average Bonchev–Trinajstić information content (AvgIpc) is 2.67. The van der Waals surface area contributed by atoms with Gasteiger partial charge in [0, 0.05) is 19.7 Å². The first-order valence-corrected chi connectivity index (χ1v) is 6.76. The van der Waals surface area contributed by atoms with Crippen LogP contribution in [0.3, 0.4) is 0 Å². The van der Waals surface area contributed by atoms with Gasteiger partial charge >= 0.3 is 0 Å². The Bertz CT molecular complexity index is 456. The second-order valence-corrected chi connectivity index (χ2v) is 5.04. The molecule has 1 aromatic heterocycles. The zero-order valence-electron chi connectivity index (χ0n) is 12.9. The molecule has 0 fully saturated rings. The van der Waals surface area contributed by atoms with E-state index in [1.165, 1.54) is 0 Å².